The summed E-state index contributed by atoms with van der Waals surface area (Å²) in [6, 6.07) is 0.268. The lowest BCUT2D eigenvalue weighted by molar-refractivity contribution is 0.599. The van der Waals surface area contributed by atoms with Crippen LogP contribution in [0.4, 0.5) is 0 Å². The predicted molar refractivity (Wildman–Crippen MR) is 67.0 cm³/mol. The topological polar surface area (TPSA) is 50.7 Å². The summed E-state index contributed by atoms with van der Waals surface area (Å²) in [7, 11) is 1.96. The molecule has 0 aliphatic rings. The van der Waals surface area contributed by atoms with E-state index in [1.807, 2.05) is 13.2 Å². The van der Waals surface area contributed by atoms with Gasteiger partial charge in [0.2, 0.25) is 0 Å². The van der Waals surface area contributed by atoms with Crippen molar-refractivity contribution < 1.29 is 0 Å². The summed E-state index contributed by atoms with van der Waals surface area (Å²) in [5.41, 5.74) is 1.14. The quantitative estimate of drug-likeness (QED) is 0.908. The zero-order chi connectivity index (χ0) is 11.5. The maximum atomic E-state index is 4.55. The zero-order valence-corrected chi connectivity index (χ0v) is 11.2. The third-order valence-corrected chi connectivity index (χ3v) is 4.39. The van der Waals surface area contributed by atoms with Crippen LogP contribution in [0.25, 0.3) is 0 Å². The molecule has 2 aromatic rings. The van der Waals surface area contributed by atoms with Gasteiger partial charge in [0.05, 0.1) is 27.8 Å². The van der Waals surface area contributed by atoms with E-state index in [0.29, 0.717) is 0 Å². The lowest BCUT2D eigenvalue weighted by atomic mass is 10.2. The van der Waals surface area contributed by atoms with Gasteiger partial charge in [-0.05, 0) is 32.4 Å². The van der Waals surface area contributed by atoms with Crippen LogP contribution in [0.15, 0.2) is 6.20 Å². The molecule has 0 aromatic carbocycles. The molecule has 16 heavy (non-hydrogen) atoms. The molecule has 0 saturated heterocycles. The molecule has 2 aromatic heterocycles. The Hall–Kier alpha value is -0.850. The number of aromatic nitrogens is 3. The Kier molecular flexibility index (Phi) is 3.63. The Balaban J connectivity index is 2.13. The van der Waals surface area contributed by atoms with E-state index in [-0.39, 0.29) is 6.04 Å². The normalized spacial score (nSPS) is 12.9. The third kappa shape index (κ3) is 2.45. The fourth-order valence-electron chi connectivity index (χ4n) is 1.47. The molecule has 0 fully saturated rings. The second-order valence-corrected chi connectivity index (χ2v) is 5.72. The lowest BCUT2D eigenvalue weighted by Crippen LogP contribution is -2.17. The van der Waals surface area contributed by atoms with E-state index in [0.717, 1.165) is 17.0 Å². The molecule has 0 radical (unpaired) electrons. The van der Waals surface area contributed by atoms with Crippen LogP contribution in [0.3, 0.4) is 0 Å². The van der Waals surface area contributed by atoms with Gasteiger partial charge in [0.1, 0.15) is 0 Å². The van der Waals surface area contributed by atoms with E-state index in [1.165, 1.54) is 21.4 Å². The maximum Gasteiger partial charge on any atom is 0.0950 e. The van der Waals surface area contributed by atoms with Crippen LogP contribution in [-0.4, -0.2) is 21.6 Å². The van der Waals surface area contributed by atoms with Gasteiger partial charge < -0.3 is 5.32 Å². The van der Waals surface area contributed by atoms with E-state index in [4.69, 9.17) is 0 Å². The van der Waals surface area contributed by atoms with Crippen LogP contribution < -0.4 is 5.32 Å². The van der Waals surface area contributed by atoms with Crippen LogP contribution in [0, 0.1) is 13.8 Å². The van der Waals surface area contributed by atoms with Gasteiger partial charge in [-0.3, -0.25) is 0 Å². The first-order chi connectivity index (χ1) is 7.70. The number of likely N-dealkylation sites (N-methyl/N-ethyl adjacent to an activating group) is 1. The largest absolute Gasteiger partial charge is 0.312 e. The van der Waals surface area contributed by atoms with Gasteiger partial charge >= 0.3 is 0 Å². The Morgan fingerprint density at radius 2 is 2.25 bits per heavy atom. The van der Waals surface area contributed by atoms with Crippen LogP contribution >= 0.6 is 22.9 Å². The molecule has 0 amide bonds. The van der Waals surface area contributed by atoms with Crippen molar-refractivity contribution in [1.29, 1.82) is 0 Å². The number of hydrogen-bond acceptors (Lipinski definition) is 6. The van der Waals surface area contributed by atoms with Gasteiger partial charge in [0.25, 0.3) is 0 Å². The molecule has 2 heterocycles. The average molecular weight is 254 g/mol. The molecular formula is C10H14N4S2. The van der Waals surface area contributed by atoms with Crippen LogP contribution in [0.2, 0.25) is 0 Å². The van der Waals surface area contributed by atoms with Crippen LogP contribution in [0.1, 0.15) is 26.5 Å². The number of nitrogens with one attached hydrogen (secondary N) is 1. The molecule has 2 rings (SSSR count). The molecule has 1 N–H and O–H groups in total. The Morgan fingerprint density at radius 3 is 2.75 bits per heavy atom. The molecule has 0 spiro atoms. The highest BCUT2D eigenvalue weighted by molar-refractivity contribution is 7.11. The first kappa shape index (κ1) is 11.6. The summed E-state index contributed by atoms with van der Waals surface area (Å²) in [6.45, 7) is 4.16. The monoisotopic (exact) mass is 254 g/mol. The highest BCUT2D eigenvalue weighted by Gasteiger charge is 2.15. The summed E-state index contributed by atoms with van der Waals surface area (Å²) in [4.78, 5) is 7.01. The number of hydrogen-bond donors (Lipinski definition) is 1. The van der Waals surface area contributed by atoms with Crippen molar-refractivity contribution in [3.8, 4) is 0 Å². The average Bonchev–Trinajstić information content (AvgIpc) is 2.86. The first-order valence-electron chi connectivity index (χ1n) is 5.08. The zero-order valence-electron chi connectivity index (χ0n) is 9.52. The Bertz CT molecular complexity index is 430. The highest BCUT2D eigenvalue weighted by atomic mass is 32.1. The summed E-state index contributed by atoms with van der Waals surface area (Å²) in [5, 5.41) is 8.31. The van der Waals surface area contributed by atoms with Crippen molar-refractivity contribution >= 4 is 22.9 Å². The summed E-state index contributed by atoms with van der Waals surface area (Å²) < 4.78 is 3.89. The molecule has 1 atom stereocenters. The Morgan fingerprint density at radius 1 is 1.44 bits per heavy atom. The van der Waals surface area contributed by atoms with Gasteiger partial charge in [-0.2, -0.15) is 0 Å². The van der Waals surface area contributed by atoms with E-state index in [9.17, 15) is 0 Å². The van der Waals surface area contributed by atoms with Crippen molar-refractivity contribution in [3.63, 3.8) is 0 Å². The number of nitrogens with zero attached hydrogens (tertiary/aromatic N) is 3. The molecule has 86 valence electrons. The van der Waals surface area contributed by atoms with Gasteiger partial charge in [0, 0.05) is 11.3 Å². The van der Waals surface area contributed by atoms with Gasteiger partial charge in [-0.1, -0.05) is 4.49 Å². The molecule has 0 aliphatic heterocycles. The lowest BCUT2D eigenvalue weighted by Gasteiger charge is -2.10. The van der Waals surface area contributed by atoms with Crippen molar-refractivity contribution in [2.75, 3.05) is 7.05 Å². The number of thiazole rings is 1. The van der Waals surface area contributed by atoms with Gasteiger partial charge in [0.15, 0.2) is 0 Å². The molecule has 1 unspecified atom stereocenters. The first-order valence-corrected chi connectivity index (χ1v) is 6.67. The van der Waals surface area contributed by atoms with Crippen LogP contribution in [-0.2, 0) is 6.42 Å². The fourth-order valence-corrected chi connectivity index (χ4v) is 3.06. The highest BCUT2D eigenvalue weighted by Crippen LogP contribution is 2.24. The molecule has 4 nitrogen and oxygen atoms in total. The van der Waals surface area contributed by atoms with E-state index < -0.39 is 0 Å². The van der Waals surface area contributed by atoms with E-state index in [2.05, 4.69) is 33.7 Å². The third-order valence-electron chi connectivity index (χ3n) is 2.52. The molecule has 0 saturated carbocycles. The van der Waals surface area contributed by atoms with Crippen molar-refractivity contribution in [1.82, 2.24) is 19.9 Å². The van der Waals surface area contributed by atoms with Gasteiger partial charge in [-0.25, -0.2) is 4.98 Å². The summed E-state index contributed by atoms with van der Waals surface area (Å²) >= 11 is 3.21. The fraction of sp³-hybridized carbons (Fsp3) is 0.500. The SMILES string of the molecule is CNC(Cc1nc(C)c(C)s1)c1cnns1. The van der Waals surface area contributed by atoms with Crippen molar-refractivity contribution in [3.05, 3.63) is 26.7 Å². The standard InChI is InChI=1S/C10H14N4S2/c1-6-7(2)15-10(13-6)4-8(11-3)9-5-12-14-16-9/h5,8,11H,4H2,1-3H3. The predicted octanol–water partition coefficient (Wildman–Crippen LogP) is 2.11. The summed E-state index contributed by atoms with van der Waals surface area (Å²) in [6.07, 6.45) is 2.72. The molecule has 0 aliphatic carbocycles. The molecule has 0 bridgehead atoms. The van der Waals surface area contributed by atoms with Crippen molar-refractivity contribution in [2.45, 2.75) is 26.3 Å². The van der Waals surface area contributed by atoms with E-state index in [1.54, 1.807) is 11.3 Å². The van der Waals surface area contributed by atoms with Gasteiger partial charge in [-0.15, -0.1) is 16.4 Å². The Labute approximate surface area is 103 Å². The molecule has 6 heteroatoms. The number of aryl methyl sites for hydroxylation is 2. The smallest absolute Gasteiger partial charge is 0.0950 e. The second-order valence-electron chi connectivity index (χ2n) is 3.61. The second kappa shape index (κ2) is 4.99. The maximum absolute atomic E-state index is 4.55. The van der Waals surface area contributed by atoms with Crippen LogP contribution in [0.5, 0.6) is 0 Å². The summed E-state index contributed by atoms with van der Waals surface area (Å²) in [5.74, 6) is 0. The van der Waals surface area contributed by atoms with Crippen molar-refractivity contribution in [2.24, 2.45) is 0 Å². The minimum atomic E-state index is 0.268. The minimum Gasteiger partial charge on any atom is -0.312 e. The molecular weight excluding hydrogens is 240 g/mol. The minimum absolute atomic E-state index is 0.268. The van der Waals surface area contributed by atoms with E-state index >= 15 is 0 Å². The number of rotatable bonds is 4.